The number of carboxylic acid groups (broad SMARTS) is 1. The second kappa shape index (κ2) is 17.6. The molecular weight excluding hydrogens is 896 g/mol. The summed E-state index contributed by atoms with van der Waals surface area (Å²) in [5, 5.41) is 11.0. The summed E-state index contributed by atoms with van der Waals surface area (Å²) in [6.45, 7) is 0. The Morgan fingerprint density at radius 3 is 1.59 bits per heavy atom. The van der Waals surface area contributed by atoms with Crippen molar-refractivity contribution in [1.82, 2.24) is 25.3 Å². The van der Waals surface area contributed by atoms with Crippen LogP contribution in [0.5, 0.6) is 0 Å². The molecule has 0 spiro atoms. The smallest absolute Gasteiger partial charge is 0.412 e. The molecule has 23 heteroatoms. The summed E-state index contributed by atoms with van der Waals surface area (Å²) in [5.74, 6) is -5.32. The van der Waals surface area contributed by atoms with Crippen molar-refractivity contribution >= 4 is 88.6 Å². The molecule has 0 unspecified atom stereocenters. The summed E-state index contributed by atoms with van der Waals surface area (Å²) in [7, 11) is -8.54. The number of carbonyl (C=O) groups excluding carboxylic acids is 1. The molecule has 7 aromatic rings. The highest BCUT2D eigenvalue weighted by Gasteiger charge is 2.44. The average Bonchev–Trinajstić information content (AvgIpc) is 3.19. The van der Waals surface area contributed by atoms with Gasteiger partial charge in [-0.1, -0.05) is 41.4 Å². The number of anilines is 2. The molecule has 0 aliphatic heterocycles. The summed E-state index contributed by atoms with van der Waals surface area (Å²) in [6, 6.07) is 14.2. The van der Waals surface area contributed by atoms with Gasteiger partial charge in [-0.05, 0) is 66.7 Å². The number of halogens is 7. The number of nitrogens with zero attached hydrogens (tertiary/aromatic N) is 4. The van der Waals surface area contributed by atoms with Gasteiger partial charge in [0.1, 0.15) is 32.5 Å². The van der Waals surface area contributed by atoms with Crippen LogP contribution in [0.15, 0.2) is 126 Å². The van der Waals surface area contributed by atoms with Crippen LogP contribution in [0.4, 0.5) is 33.3 Å². The van der Waals surface area contributed by atoms with Crippen LogP contribution in [0, 0.1) is 11.6 Å². The number of carbonyl (C=O) groups is 2. The summed E-state index contributed by atoms with van der Waals surface area (Å²) in [4.78, 5) is 39.9. The Hall–Kier alpha value is -6.55. The normalized spacial score (nSPS) is 12.2. The number of benzene rings is 5. The summed E-state index contributed by atoms with van der Waals surface area (Å²) in [6.07, 6.45) is 0.273. The fourth-order valence-corrected chi connectivity index (χ4v) is 8.45. The van der Waals surface area contributed by atoms with E-state index in [0.717, 1.165) is 18.2 Å². The quantitative estimate of drug-likeness (QED) is 0.0962. The Labute approximate surface area is 351 Å². The van der Waals surface area contributed by atoms with E-state index in [-0.39, 0.29) is 53.7 Å². The molecule has 0 aliphatic rings. The first kappa shape index (κ1) is 44.0. The molecule has 4 N–H and O–H groups in total. The number of nitrogens with one attached hydrogen (secondary N) is 3. The van der Waals surface area contributed by atoms with Crippen LogP contribution in [0.3, 0.4) is 0 Å². The minimum Gasteiger partial charge on any atom is -0.478 e. The van der Waals surface area contributed by atoms with E-state index in [0.29, 0.717) is 17.6 Å². The van der Waals surface area contributed by atoms with Crippen LogP contribution in [0.25, 0.3) is 22.1 Å². The summed E-state index contributed by atoms with van der Waals surface area (Å²) < 4.78 is 125. The molecule has 0 saturated carbocycles. The maximum absolute atomic E-state index is 14.1. The molecule has 2 aromatic heterocycles. The van der Waals surface area contributed by atoms with Gasteiger partial charge in [0, 0.05) is 46.5 Å². The van der Waals surface area contributed by atoms with Crippen molar-refractivity contribution in [3.05, 3.63) is 154 Å². The van der Waals surface area contributed by atoms with Gasteiger partial charge < -0.3 is 10.4 Å². The number of sulfonamides is 2. The van der Waals surface area contributed by atoms with Crippen molar-refractivity contribution in [3.63, 3.8) is 0 Å². The number of rotatable bonds is 10. The first-order chi connectivity index (χ1) is 28.7. The van der Waals surface area contributed by atoms with Gasteiger partial charge in [-0.15, -0.1) is 0 Å². The lowest BCUT2D eigenvalue weighted by molar-refractivity contribution is -0.155. The van der Waals surface area contributed by atoms with E-state index in [1.165, 1.54) is 73.3 Å². The van der Waals surface area contributed by atoms with Gasteiger partial charge in [-0.2, -0.15) is 13.2 Å². The zero-order valence-electron chi connectivity index (χ0n) is 30.2. The number of aromatic nitrogens is 4. The Balaban J connectivity index is 0.000000223. The molecule has 1 atom stereocenters. The molecule has 1 amide bonds. The highest BCUT2D eigenvalue weighted by Crippen LogP contribution is 2.36. The van der Waals surface area contributed by atoms with E-state index in [1.54, 1.807) is 11.4 Å². The van der Waals surface area contributed by atoms with Crippen LogP contribution in [0.2, 0.25) is 10.0 Å². The second-order valence-electron chi connectivity index (χ2n) is 12.4. The van der Waals surface area contributed by atoms with E-state index >= 15 is 0 Å². The monoisotopic (exact) mass is 919 g/mol. The van der Waals surface area contributed by atoms with Gasteiger partial charge in [-0.25, -0.2) is 30.4 Å². The van der Waals surface area contributed by atoms with Gasteiger partial charge in [0.15, 0.2) is 6.04 Å². The number of hydrogen-bond donors (Lipinski definition) is 4. The summed E-state index contributed by atoms with van der Waals surface area (Å²) in [5.41, 5.74) is -1.52. The van der Waals surface area contributed by atoms with Crippen molar-refractivity contribution in [2.24, 2.45) is 0 Å². The lowest BCUT2D eigenvalue weighted by Crippen LogP contribution is -2.39. The highest BCUT2D eigenvalue weighted by atomic mass is 35.5. The van der Waals surface area contributed by atoms with Gasteiger partial charge in [0.05, 0.1) is 33.5 Å². The van der Waals surface area contributed by atoms with Gasteiger partial charge in [0.25, 0.3) is 26.0 Å². The predicted molar refractivity (Wildman–Crippen MR) is 213 cm³/mol. The van der Waals surface area contributed by atoms with Crippen LogP contribution in [-0.4, -0.2) is 59.9 Å². The molecule has 14 nitrogen and oxygen atoms in total. The molecule has 2 heterocycles. The number of aromatic carboxylic acids is 1. The number of amides is 1. The van der Waals surface area contributed by atoms with E-state index in [2.05, 4.69) is 29.4 Å². The van der Waals surface area contributed by atoms with Gasteiger partial charge in [-0.3, -0.25) is 34.2 Å². The van der Waals surface area contributed by atoms with Gasteiger partial charge >= 0.3 is 12.1 Å². The lowest BCUT2D eigenvalue weighted by atomic mass is 10.0. The van der Waals surface area contributed by atoms with E-state index in [9.17, 15) is 53.5 Å². The SMILES string of the molecule is O=C(N[C@@H](c1ccc(F)cc1F)C(F)(F)F)c1ccc(Cl)cc1NS(=O)(=O)c1cccc2nccnc12.O=C(O)c1ccc(Cl)cc1NS(=O)(=O)c1cccc2nccnc12. The first-order valence-corrected chi connectivity index (χ1v) is 20.6. The minimum atomic E-state index is -5.18. The molecule has 0 radical (unpaired) electrons. The second-order valence-corrected chi connectivity index (χ2v) is 16.5. The number of para-hydroxylation sites is 2. The first-order valence-electron chi connectivity index (χ1n) is 16.8. The molecule has 0 bridgehead atoms. The van der Waals surface area contributed by atoms with E-state index in [1.807, 2.05) is 0 Å². The molecule has 61 heavy (non-hydrogen) atoms. The number of fused-ring (bicyclic) bond motifs is 2. The molecule has 0 fully saturated rings. The van der Waals surface area contributed by atoms with Crippen LogP contribution >= 0.6 is 23.2 Å². The summed E-state index contributed by atoms with van der Waals surface area (Å²) >= 11 is 11.8. The third kappa shape index (κ3) is 10.1. The van der Waals surface area contributed by atoms with Crippen molar-refractivity contribution in [2.75, 3.05) is 9.44 Å². The lowest BCUT2D eigenvalue weighted by Gasteiger charge is -2.23. The largest absolute Gasteiger partial charge is 0.478 e. The molecule has 314 valence electrons. The predicted octanol–water partition coefficient (Wildman–Crippen LogP) is 8.18. The number of carboxylic acids is 1. The standard InChI is InChI=1S/C23H14ClF5N4O3S.C15H10ClN3O4S/c24-12-4-6-15(22(34)32-21(23(27,28)29)14-7-5-13(25)11-16(14)26)18(10-12)33-37(35,36)19-3-1-2-17-20(19)31-9-8-30-17;16-9-4-5-10(15(20)21)12(8-9)19-24(22,23)13-3-1-2-11-14(13)18-7-6-17-11/h1-11,21,33H,(H,32,34);1-8,19H,(H,20,21)/t21-;/m0./s1. The maximum atomic E-state index is 14.1. The van der Waals surface area contributed by atoms with Crippen LogP contribution < -0.4 is 14.8 Å². The van der Waals surface area contributed by atoms with Crippen molar-refractivity contribution in [2.45, 2.75) is 22.0 Å². The Bertz CT molecular complexity index is 3070. The van der Waals surface area contributed by atoms with E-state index in [4.69, 9.17) is 23.2 Å². The fraction of sp³-hybridized carbons (Fsp3) is 0.0526. The van der Waals surface area contributed by atoms with Crippen LogP contribution in [-0.2, 0) is 20.0 Å². The Morgan fingerprint density at radius 2 is 1.11 bits per heavy atom. The third-order valence-electron chi connectivity index (χ3n) is 8.31. The van der Waals surface area contributed by atoms with Crippen molar-refractivity contribution < 1.29 is 53.5 Å². The van der Waals surface area contributed by atoms with E-state index < -0.39 is 72.6 Å². The molecule has 0 saturated heterocycles. The highest BCUT2D eigenvalue weighted by molar-refractivity contribution is 7.93. The zero-order chi connectivity index (χ0) is 44.3. The number of alkyl halides is 3. The molecule has 5 aromatic carbocycles. The van der Waals surface area contributed by atoms with Crippen molar-refractivity contribution in [3.8, 4) is 0 Å². The average molecular weight is 921 g/mol. The number of hydrogen-bond acceptors (Lipinski definition) is 10. The fourth-order valence-electron chi connectivity index (χ4n) is 5.63. The molecular formula is C38H24Cl2F5N7O7S2. The van der Waals surface area contributed by atoms with Gasteiger partial charge in [0.2, 0.25) is 0 Å². The molecule has 0 aliphatic carbocycles. The maximum Gasteiger partial charge on any atom is 0.412 e. The van der Waals surface area contributed by atoms with Crippen LogP contribution in [0.1, 0.15) is 32.3 Å². The molecule has 7 rings (SSSR count). The Kier molecular flexibility index (Phi) is 12.7. The van der Waals surface area contributed by atoms with Crippen molar-refractivity contribution in [1.29, 1.82) is 0 Å². The zero-order valence-corrected chi connectivity index (χ0v) is 33.3. The Morgan fingerprint density at radius 1 is 0.639 bits per heavy atom. The minimum absolute atomic E-state index is 0.00875. The third-order valence-corrected chi connectivity index (χ3v) is 11.6. The topological polar surface area (TPSA) is 210 Å².